The molecular weight excluding hydrogens is 144 g/mol. The Morgan fingerprint density at radius 2 is 2.18 bits per heavy atom. The summed E-state index contributed by atoms with van der Waals surface area (Å²) in [4.78, 5) is 8.98. The van der Waals surface area contributed by atoms with Crippen molar-refractivity contribution in [1.82, 2.24) is 9.71 Å². The van der Waals surface area contributed by atoms with Crippen LogP contribution >= 0.6 is 0 Å². The van der Waals surface area contributed by atoms with Crippen LogP contribution in [0, 0.1) is 0 Å². The fourth-order valence-corrected chi connectivity index (χ4v) is 0.695. The average molecular weight is 156 g/mol. The first-order chi connectivity index (χ1) is 5.11. The molecule has 0 aliphatic carbocycles. The molecular formula is C6H12N4O. The van der Waals surface area contributed by atoms with E-state index in [1.165, 1.54) is 10.9 Å². The van der Waals surface area contributed by atoms with E-state index in [-0.39, 0.29) is 12.1 Å². The highest BCUT2D eigenvalue weighted by Gasteiger charge is 2.05. The fraction of sp³-hybridized carbons (Fsp3) is 0.500. The first-order valence-electron chi connectivity index (χ1n) is 3.37. The minimum absolute atomic E-state index is 0.0359. The first-order valence-corrected chi connectivity index (χ1v) is 3.37. The van der Waals surface area contributed by atoms with Crippen LogP contribution in [0.5, 0.6) is 0 Å². The zero-order valence-corrected chi connectivity index (χ0v) is 6.61. The Kier molecular flexibility index (Phi) is 1.89. The maximum Gasteiger partial charge on any atom is 0.236 e. The Morgan fingerprint density at radius 3 is 2.55 bits per heavy atom. The van der Waals surface area contributed by atoms with Gasteiger partial charge in [0.15, 0.2) is 5.82 Å². The lowest BCUT2D eigenvalue weighted by Crippen LogP contribution is -2.22. The van der Waals surface area contributed by atoms with Gasteiger partial charge in [-0.2, -0.15) is 0 Å². The summed E-state index contributed by atoms with van der Waals surface area (Å²) >= 11 is 0. The molecule has 1 rings (SSSR count). The molecule has 0 fully saturated rings. The molecule has 11 heavy (non-hydrogen) atoms. The predicted octanol–water partition coefficient (Wildman–Crippen LogP) is -0.116. The average Bonchev–Trinajstić information content (AvgIpc) is 2.18. The lowest BCUT2D eigenvalue weighted by molar-refractivity contribution is 0.0679. The Bertz CT molecular complexity index is 223. The Morgan fingerprint density at radius 1 is 1.55 bits per heavy atom. The zero-order chi connectivity index (χ0) is 8.43. The van der Waals surface area contributed by atoms with Crippen molar-refractivity contribution in [3.63, 3.8) is 0 Å². The minimum Gasteiger partial charge on any atom is -0.406 e. The highest BCUT2D eigenvalue weighted by Crippen LogP contribution is 2.06. The maximum absolute atomic E-state index is 5.49. The number of anilines is 2. The van der Waals surface area contributed by atoms with Gasteiger partial charge in [0, 0.05) is 0 Å². The van der Waals surface area contributed by atoms with Crippen LogP contribution in [0.15, 0.2) is 6.20 Å². The molecule has 1 aromatic rings. The first kappa shape index (κ1) is 7.71. The van der Waals surface area contributed by atoms with Crippen molar-refractivity contribution in [3.8, 4) is 0 Å². The normalized spacial score (nSPS) is 10.5. The number of imidazole rings is 1. The molecule has 4 N–H and O–H groups in total. The molecule has 0 aliphatic heterocycles. The van der Waals surface area contributed by atoms with Crippen LogP contribution < -0.4 is 16.3 Å². The van der Waals surface area contributed by atoms with Gasteiger partial charge < -0.3 is 16.3 Å². The molecule has 0 bridgehead atoms. The van der Waals surface area contributed by atoms with E-state index >= 15 is 0 Å². The van der Waals surface area contributed by atoms with E-state index in [4.69, 9.17) is 16.3 Å². The fourth-order valence-electron chi connectivity index (χ4n) is 0.695. The third-order valence-corrected chi connectivity index (χ3v) is 1.09. The molecule has 0 amide bonds. The molecule has 0 spiro atoms. The lowest BCUT2D eigenvalue weighted by Gasteiger charge is -2.11. The summed E-state index contributed by atoms with van der Waals surface area (Å²) in [5.41, 5.74) is 10.9. The van der Waals surface area contributed by atoms with Crippen molar-refractivity contribution in [2.45, 2.75) is 20.0 Å². The van der Waals surface area contributed by atoms with Gasteiger partial charge in [-0.25, -0.2) is 4.98 Å². The molecule has 0 saturated heterocycles. The summed E-state index contributed by atoms with van der Waals surface area (Å²) in [6.07, 6.45) is 1.49. The van der Waals surface area contributed by atoms with Gasteiger partial charge in [0.2, 0.25) is 5.95 Å². The van der Waals surface area contributed by atoms with Crippen LogP contribution in [0.3, 0.4) is 0 Å². The summed E-state index contributed by atoms with van der Waals surface area (Å²) in [6, 6.07) is 0. The van der Waals surface area contributed by atoms with Crippen molar-refractivity contribution < 1.29 is 4.84 Å². The van der Waals surface area contributed by atoms with Gasteiger partial charge in [-0.3, -0.25) is 0 Å². The number of hydrogen-bond donors (Lipinski definition) is 2. The summed E-state index contributed by atoms with van der Waals surface area (Å²) < 4.78 is 1.31. The zero-order valence-electron chi connectivity index (χ0n) is 6.61. The highest BCUT2D eigenvalue weighted by atomic mass is 16.7. The van der Waals surface area contributed by atoms with Crippen LogP contribution in [-0.2, 0) is 0 Å². The highest BCUT2D eigenvalue weighted by molar-refractivity contribution is 5.34. The standard InChI is InChI=1S/C6H12N4O/c1-4(2)11-10-5(7)3-9-6(10)8/h3-4H,7H2,1-2H3,(H2,8,9). The summed E-state index contributed by atoms with van der Waals surface area (Å²) in [5, 5.41) is 0. The van der Waals surface area contributed by atoms with Crippen molar-refractivity contribution in [2.75, 3.05) is 11.5 Å². The van der Waals surface area contributed by atoms with E-state index in [1.54, 1.807) is 0 Å². The second-order valence-corrected chi connectivity index (χ2v) is 2.49. The smallest absolute Gasteiger partial charge is 0.236 e. The van der Waals surface area contributed by atoms with E-state index in [9.17, 15) is 0 Å². The molecule has 5 heteroatoms. The summed E-state index contributed by atoms with van der Waals surface area (Å²) in [6.45, 7) is 3.78. The van der Waals surface area contributed by atoms with Gasteiger partial charge in [-0.15, -0.1) is 4.73 Å². The van der Waals surface area contributed by atoms with E-state index in [2.05, 4.69) is 4.98 Å². The third-order valence-electron chi connectivity index (χ3n) is 1.09. The van der Waals surface area contributed by atoms with Crippen LogP contribution in [-0.4, -0.2) is 15.8 Å². The van der Waals surface area contributed by atoms with Crippen molar-refractivity contribution in [3.05, 3.63) is 6.20 Å². The molecule has 0 unspecified atom stereocenters. The number of nitrogen functional groups attached to an aromatic ring is 2. The lowest BCUT2D eigenvalue weighted by atomic mass is 10.5. The van der Waals surface area contributed by atoms with E-state index < -0.39 is 0 Å². The molecule has 0 radical (unpaired) electrons. The van der Waals surface area contributed by atoms with Crippen molar-refractivity contribution in [2.24, 2.45) is 0 Å². The van der Waals surface area contributed by atoms with Crippen LogP contribution in [0.25, 0.3) is 0 Å². The van der Waals surface area contributed by atoms with Crippen molar-refractivity contribution >= 4 is 11.8 Å². The van der Waals surface area contributed by atoms with Crippen LogP contribution in [0.4, 0.5) is 11.8 Å². The van der Waals surface area contributed by atoms with E-state index in [0.29, 0.717) is 5.82 Å². The SMILES string of the molecule is CC(C)On1c(N)cnc1N. The quantitative estimate of drug-likeness (QED) is 0.626. The predicted molar refractivity (Wildman–Crippen MR) is 42.8 cm³/mol. The number of hydrogen-bond acceptors (Lipinski definition) is 4. The molecule has 5 nitrogen and oxygen atoms in total. The van der Waals surface area contributed by atoms with Crippen molar-refractivity contribution in [1.29, 1.82) is 0 Å². The largest absolute Gasteiger partial charge is 0.406 e. The Balaban J connectivity index is 2.83. The Labute approximate surface area is 64.9 Å². The molecule has 62 valence electrons. The monoisotopic (exact) mass is 156 g/mol. The van der Waals surface area contributed by atoms with Gasteiger partial charge in [-0.1, -0.05) is 0 Å². The van der Waals surface area contributed by atoms with Crippen LogP contribution in [0.2, 0.25) is 0 Å². The van der Waals surface area contributed by atoms with Gasteiger partial charge in [0.25, 0.3) is 0 Å². The molecule has 0 atom stereocenters. The Hall–Kier alpha value is -1.39. The van der Waals surface area contributed by atoms with Crippen LogP contribution in [0.1, 0.15) is 13.8 Å². The summed E-state index contributed by atoms with van der Waals surface area (Å²) in [5.74, 6) is 0.687. The second kappa shape index (κ2) is 2.69. The van der Waals surface area contributed by atoms with E-state index in [0.717, 1.165) is 0 Å². The minimum atomic E-state index is 0.0359. The number of nitrogens with two attached hydrogens (primary N) is 2. The van der Waals surface area contributed by atoms with Gasteiger partial charge in [0.1, 0.15) is 6.10 Å². The van der Waals surface area contributed by atoms with Gasteiger partial charge in [0.05, 0.1) is 6.20 Å². The van der Waals surface area contributed by atoms with Gasteiger partial charge >= 0.3 is 0 Å². The molecule has 1 aromatic heterocycles. The van der Waals surface area contributed by atoms with E-state index in [1.807, 2.05) is 13.8 Å². The number of nitrogens with zero attached hydrogens (tertiary/aromatic N) is 2. The number of rotatable bonds is 2. The molecule has 1 heterocycles. The summed E-state index contributed by atoms with van der Waals surface area (Å²) in [7, 11) is 0. The number of aromatic nitrogens is 2. The molecule has 0 aromatic carbocycles. The topological polar surface area (TPSA) is 79.1 Å². The second-order valence-electron chi connectivity index (χ2n) is 2.49. The van der Waals surface area contributed by atoms with Gasteiger partial charge in [-0.05, 0) is 13.8 Å². The molecule has 0 saturated carbocycles. The third kappa shape index (κ3) is 1.54. The molecule has 0 aliphatic rings. The maximum atomic E-state index is 5.49.